The molecule has 0 N–H and O–H groups in total. The van der Waals surface area contributed by atoms with Crippen molar-refractivity contribution in [3.05, 3.63) is 47.5 Å². The second-order valence-electron chi connectivity index (χ2n) is 8.64. The van der Waals surface area contributed by atoms with Gasteiger partial charge in [-0.25, -0.2) is 4.79 Å². The number of aryl methyl sites for hydroxylation is 1. The van der Waals surface area contributed by atoms with Crippen molar-refractivity contribution in [1.82, 2.24) is 9.78 Å². The molecule has 1 aromatic heterocycles. The topological polar surface area (TPSA) is 71.8 Å². The van der Waals surface area contributed by atoms with Crippen LogP contribution in [0, 0.1) is 0 Å². The van der Waals surface area contributed by atoms with Crippen molar-refractivity contribution in [1.29, 1.82) is 0 Å². The second-order valence-corrected chi connectivity index (χ2v) is 8.64. The molecule has 1 aliphatic rings. The zero-order valence-electron chi connectivity index (χ0n) is 19.3. The first-order valence-electron chi connectivity index (χ1n) is 10.5. The number of hydrogen-bond donors (Lipinski definition) is 0. The van der Waals surface area contributed by atoms with Crippen molar-refractivity contribution in [2.24, 2.45) is 0 Å². The Morgan fingerprint density at radius 2 is 1.62 bits per heavy atom. The second kappa shape index (κ2) is 8.22. The first-order chi connectivity index (χ1) is 15.3. The summed E-state index contributed by atoms with van der Waals surface area (Å²) in [6.07, 6.45) is 1.08. The zero-order valence-corrected chi connectivity index (χ0v) is 19.3. The third-order valence-corrected chi connectivity index (χ3v) is 5.40. The van der Waals surface area contributed by atoms with E-state index in [9.17, 15) is 4.79 Å². The molecule has 0 fully saturated rings. The van der Waals surface area contributed by atoms with Crippen molar-refractivity contribution in [2.75, 3.05) is 21.3 Å². The minimum atomic E-state index is -0.659. The molecule has 0 amide bonds. The van der Waals surface area contributed by atoms with E-state index in [0.717, 1.165) is 35.2 Å². The summed E-state index contributed by atoms with van der Waals surface area (Å²) in [5.41, 5.74) is 4.77. The highest BCUT2D eigenvalue weighted by Gasteiger charge is 2.31. The van der Waals surface area contributed by atoms with Crippen molar-refractivity contribution >= 4 is 6.09 Å². The van der Waals surface area contributed by atoms with Crippen LogP contribution in [0.1, 0.15) is 31.9 Å². The van der Waals surface area contributed by atoms with Gasteiger partial charge in [-0.05, 0) is 51.3 Å². The molecule has 0 bridgehead atoms. The molecule has 168 valence electrons. The Kier molecular flexibility index (Phi) is 5.59. The van der Waals surface area contributed by atoms with Gasteiger partial charge in [0.05, 0.1) is 32.7 Å². The number of nitrogens with zero attached hydrogens (tertiary/aromatic N) is 2. The standard InChI is InChI=1S/C25H28N2O5/c1-25(2,3)32-24(28)27-22(16-13-19(29-4)23(31-6)20(14-16)30-5)18-12-11-15-9-7-8-10-17(15)21(18)26-27/h7-10,13-14H,11-12H2,1-6H3. The van der Waals surface area contributed by atoms with Crippen molar-refractivity contribution in [3.8, 4) is 39.8 Å². The predicted molar refractivity (Wildman–Crippen MR) is 122 cm³/mol. The van der Waals surface area contributed by atoms with Crippen LogP contribution in [0.25, 0.3) is 22.5 Å². The summed E-state index contributed by atoms with van der Waals surface area (Å²) in [5.74, 6) is 1.49. The fourth-order valence-corrected chi connectivity index (χ4v) is 4.08. The van der Waals surface area contributed by atoms with Gasteiger partial charge in [-0.2, -0.15) is 9.78 Å². The molecule has 32 heavy (non-hydrogen) atoms. The minimum Gasteiger partial charge on any atom is -0.493 e. The van der Waals surface area contributed by atoms with Gasteiger partial charge >= 0.3 is 6.09 Å². The molecule has 0 saturated heterocycles. The Bertz CT molecular complexity index is 1150. The molecule has 7 heteroatoms. The van der Waals surface area contributed by atoms with Crippen LogP contribution >= 0.6 is 0 Å². The Hall–Kier alpha value is -3.48. The van der Waals surface area contributed by atoms with Crippen LogP contribution < -0.4 is 14.2 Å². The van der Waals surface area contributed by atoms with Crippen LogP contribution in [-0.2, 0) is 17.6 Å². The maximum atomic E-state index is 13.2. The van der Waals surface area contributed by atoms with Crippen LogP contribution in [0.2, 0.25) is 0 Å². The molecule has 3 aromatic rings. The van der Waals surface area contributed by atoms with E-state index in [1.165, 1.54) is 10.2 Å². The number of carbonyl (C=O) groups is 1. The van der Waals surface area contributed by atoms with Gasteiger partial charge in [0.25, 0.3) is 0 Å². The van der Waals surface area contributed by atoms with Gasteiger partial charge in [-0.3, -0.25) is 0 Å². The van der Waals surface area contributed by atoms with E-state index in [1.807, 2.05) is 51.1 Å². The summed E-state index contributed by atoms with van der Waals surface area (Å²) < 4.78 is 23.6. The Morgan fingerprint density at radius 1 is 0.969 bits per heavy atom. The summed E-state index contributed by atoms with van der Waals surface area (Å²) in [7, 11) is 4.69. The lowest BCUT2D eigenvalue weighted by Gasteiger charge is -2.20. The quantitative estimate of drug-likeness (QED) is 0.565. The third kappa shape index (κ3) is 3.79. The molecule has 0 aliphatic heterocycles. The largest absolute Gasteiger partial charge is 0.493 e. The maximum absolute atomic E-state index is 13.2. The SMILES string of the molecule is COc1cc(-c2c3c(nn2C(=O)OC(C)(C)C)-c2ccccc2CC3)cc(OC)c1OC. The Morgan fingerprint density at radius 3 is 2.22 bits per heavy atom. The molecule has 0 unspecified atom stereocenters. The number of fused-ring (bicyclic) bond motifs is 3. The van der Waals surface area contributed by atoms with Crippen LogP contribution in [0.5, 0.6) is 17.2 Å². The van der Waals surface area contributed by atoms with Crippen LogP contribution in [-0.4, -0.2) is 42.8 Å². The third-order valence-electron chi connectivity index (χ3n) is 5.40. The zero-order chi connectivity index (χ0) is 23.0. The average Bonchev–Trinajstić information content (AvgIpc) is 3.17. The number of benzene rings is 2. The fraction of sp³-hybridized carbons (Fsp3) is 0.360. The number of aromatic nitrogens is 2. The van der Waals surface area contributed by atoms with Crippen LogP contribution in [0.3, 0.4) is 0 Å². The highest BCUT2D eigenvalue weighted by Crippen LogP contribution is 2.44. The molecule has 1 heterocycles. The lowest BCUT2D eigenvalue weighted by molar-refractivity contribution is 0.0518. The molecular weight excluding hydrogens is 408 g/mol. The highest BCUT2D eigenvalue weighted by atomic mass is 16.6. The summed E-state index contributed by atoms with van der Waals surface area (Å²) >= 11 is 0. The normalized spacial score (nSPS) is 12.6. The molecule has 4 rings (SSSR count). The van der Waals surface area contributed by atoms with Crippen molar-refractivity contribution in [2.45, 2.75) is 39.2 Å². The Labute approximate surface area is 187 Å². The smallest absolute Gasteiger partial charge is 0.435 e. The number of ether oxygens (including phenoxy) is 4. The lowest BCUT2D eigenvalue weighted by Crippen LogP contribution is -2.28. The van der Waals surface area contributed by atoms with Crippen LogP contribution in [0.15, 0.2) is 36.4 Å². The molecule has 0 radical (unpaired) electrons. The van der Waals surface area contributed by atoms with E-state index in [-0.39, 0.29) is 0 Å². The summed E-state index contributed by atoms with van der Waals surface area (Å²) in [4.78, 5) is 13.2. The number of methoxy groups -OCH3 is 3. The number of carbonyl (C=O) groups excluding carboxylic acids is 1. The summed E-state index contributed by atoms with van der Waals surface area (Å²) in [6, 6.07) is 11.8. The van der Waals surface area contributed by atoms with Crippen molar-refractivity contribution in [3.63, 3.8) is 0 Å². The van der Waals surface area contributed by atoms with Gasteiger partial charge in [0.1, 0.15) is 5.60 Å². The van der Waals surface area contributed by atoms with Gasteiger partial charge in [-0.15, -0.1) is 0 Å². The fourth-order valence-electron chi connectivity index (χ4n) is 4.08. The molecule has 0 atom stereocenters. The van der Waals surface area contributed by atoms with Gasteiger partial charge in [-0.1, -0.05) is 24.3 Å². The minimum absolute atomic E-state index is 0.487. The molecule has 1 aliphatic carbocycles. The molecular formula is C25H28N2O5. The predicted octanol–water partition coefficient (Wildman–Crippen LogP) is 5.12. The van der Waals surface area contributed by atoms with Crippen molar-refractivity contribution < 1.29 is 23.7 Å². The number of rotatable bonds is 4. The first-order valence-corrected chi connectivity index (χ1v) is 10.5. The van der Waals surface area contributed by atoms with E-state index in [0.29, 0.717) is 22.9 Å². The molecule has 0 spiro atoms. The average molecular weight is 437 g/mol. The van der Waals surface area contributed by atoms with Gasteiger partial charge in [0, 0.05) is 16.7 Å². The highest BCUT2D eigenvalue weighted by molar-refractivity contribution is 5.86. The van der Waals surface area contributed by atoms with E-state index in [4.69, 9.17) is 24.0 Å². The molecule has 0 saturated carbocycles. The molecule has 7 nitrogen and oxygen atoms in total. The maximum Gasteiger partial charge on any atom is 0.435 e. The van der Waals surface area contributed by atoms with E-state index in [1.54, 1.807) is 21.3 Å². The molecule has 2 aromatic carbocycles. The van der Waals surface area contributed by atoms with Gasteiger partial charge in [0.15, 0.2) is 11.5 Å². The monoisotopic (exact) mass is 436 g/mol. The number of hydrogen-bond acceptors (Lipinski definition) is 6. The van der Waals surface area contributed by atoms with Gasteiger partial charge in [0.2, 0.25) is 5.75 Å². The summed E-state index contributed by atoms with van der Waals surface area (Å²) in [6.45, 7) is 5.51. The van der Waals surface area contributed by atoms with E-state index < -0.39 is 11.7 Å². The van der Waals surface area contributed by atoms with Gasteiger partial charge < -0.3 is 18.9 Å². The Balaban J connectivity index is 1.98. The van der Waals surface area contributed by atoms with Crippen LogP contribution in [0.4, 0.5) is 4.79 Å². The summed E-state index contributed by atoms with van der Waals surface area (Å²) in [5, 5.41) is 4.74. The van der Waals surface area contributed by atoms with E-state index in [2.05, 4.69) is 6.07 Å². The first kappa shape index (κ1) is 21.7. The van der Waals surface area contributed by atoms with E-state index >= 15 is 0 Å². The lowest BCUT2D eigenvalue weighted by atomic mass is 9.88.